The van der Waals surface area contributed by atoms with E-state index in [2.05, 4.69) is 19.7 Å². The number of carbonyl (C=O) groups is 1. The zero-order valence-corrected chi connectivity index (χ0v) is 10.2. The Hall–Kier alpha value is -2.21. The summed E-state index contributed by atoms with van der Waals surface area (Å²) in [6, 6.07) is 1.55. The molecule has 6 nitrogen and oxygen atoms in total. The van der Waals surface area contributed by atoms with Crippen molar-refractivity contribution in [2.24, 2.45) is 0 Å². The molecule has 0 aliphatic rings. The molecule has 0 aliphatic heterocycles. The largest absolute Gasteiger partial charge is 0.464 e. The van der Waals surface area contributed by atoms with Crippen LogP contribution >= 0.6 is 11.6 Å². The van der Waals surface area contributed by atoms with Gasteiger partial charge in [-0.1, -0.05) is 11.6 Å². The molecule has 2 rings (SSSR count). The number of pyridine rings is 1. The first kappa shape index (κ1) is 12.3. The van der Waals surface area contributed by atoms with Gasteiger partial charge in [-0.25, -0.2) is 19.7 Å². The Morgan fingerprint density at radius 2 is 2.06 bits per heavy atom. The maximum absolute atomic E-state index is 11.5. The second-order valence-corrected chi connectivity index (χ2v) is 3.76. The van der Waals surface area contributed by atoms with Crippen molar-refractivity contribution in [3.63, 3.8) is 0 Å². The topological polar surface area (TPSA) is 91.0 Å². The summed E-state index contributed by atoms with van der Waals surface area (Å²) in [6.45, 7) is 0. The highest BCUT2D eigenvalue weighted by atomic mass is 35.5. The van der Waals surface area contributed by atoms with Gasteiger partial charge in [-0.15, -0.1) is 0 Å². The SMILES string of the molecule is COC(=O)c1nc(-c2cncnc2)cc(N)c1Cl. The van der Waals surface area contributed by atoms with Gasteiger partial charge < -0.3 is 10.5 Å². The molecule has 0 radical (unpaired) electrons. The second kappa shape index (κ2) is 4.97. The molecule has 0 spiro atoms. The molecule has 92 valence electrons. The van der Waals surface area contributed by atoms with Gasteiger partial charge in [-0.2, -0.15) is 0 Å². The highest BCUT2D eigenvalue weighted by Gasteiger charge is 2.17. The average molecular weight is 265 g/mol. The third-order valence-corrected chi connectivity index (χ3v) is 2.62. The minimum absolute atomic E-state index is 0.0296. The number of hydrogen-bond donors (Lipinski definition) is 1. The number of hydrogen-bond acceptors (Lipinski definition) is 6. The number of halogens is 1. The van der Waals surface area contributed by atoms with Crippen molar-refractivity contribution in [2.75, 3.05) is 12.8 Å². The van der Waals surface area contributed by atoms with Crippen LogP contribution in [0.25, 0.3) is 11.3 Å². The Kier molecular flexibility index (Phi) is 3.38. The van der Waals surface area contributed by atoms with Crippen LogP contribution in [0.1, 0.15) is 10.5 Å². The number of aromatic nitrogens is 3. The highest BCUT2D eigenvalue weighted by molar-refractivity contribution is 6.35. The Morgan fingerprint density at radius 3 is 2.67 bits per heavy atom. The molecule has 18 heavy (non-hydrogen) atoms. The van der Waals surface area contributed by atoms with Crippen molar-refractivity contribution in [2.45, 2.75) is 0 Å². The first-order chi connectivity index (χ1) is 8.63. The van der Waals surface area contributed by atoms with Gasteiger partial charge in [0.15, 0.2) is 5.69 Å². The zero-order valence-electron chi connectivity index (χ0n) is 9.42. The van der Waals surface area contributed by atoms with Crippen LogP contribution in [0.2, 0.25) is 5.02 Å². The molecule has 7 heteroatoms. The number of methoxy groups -OCH3 is 1. The van der Waals surface area contributed by atoms with Gasteiger partial charge in [0.1, 0.15) is 6.33 Å². The fourth-order valence-electron chi connectivity index (χ4n) is 1.36. The van der Waals surface area contributed by atoms with Crippen LogP contribution in [0.5, 0.6) is 0 Å². The Morgan fingerprint density at radius 1 is 1.39 bits per heavy atom. The van der Waals surface area contributed by atoms with Crippen molar-refractivity contribution in [1.82, 2.24) is 15.0 Å². The van der Waals surface area contributed by atoms with Crippen molar-refractivity contribution in [1.29, 1.82) is 0 Å². The molecule has 0 amide bonds. The predicted molar refractivity (Wildman–Crippen MR) is 66.0 cm³/mol. The number of carbonyl (C=O) groups excluding carboxylic acids is 1. The van der Waals surface area contributed by atoms with E-state index in [4.69, 9.17) is 17.3 Å². The van der Waals surface area contributed by atoms with Gasteiger partial charge in [0.2, 0.25) is 0 Å². The molecule has 0 aromatic carbocycles. The standard InChI is InChI=1S/C11H9ClN4O2/c1-18-11(17)10-9(12)7(13)2-8(16-10)6-3-14-5-15-4-6/h2-5H,1H3,(H2,13,16). The lowest BCUT2D eigenvalue weighted by Gasteiger charge is -2.07. The summed E-state index contributed by atoms with van der Waals surface area (Å²) in [5.41, 5.74) is 7.03. The van der Waals surface area contributed by atoms with Gasteiger partial charge in [0.05, 0.1) is 23.5 Å². The summed E-state index contributed by atoms with van der Waals surface area (Å²) in [4.78, 5) is 23.4. The average Bonchev–Trinajstić information content (AvgIpc) is 2.41. The molecule has 0 unspecified atom stereocenters. The molecule has 2 heterocycles. The number of anilines is 1. The number of ether oxygens (including phenoxy) is 1. The quantitative estimate of drug-likeness (QED) is 0.828. The van der Waals surface area contributed by atoms with Gasteiger partial charge >= 0.3 is 5.97 Å². The van der Waals surface area contributed by atoms with E-state index in [1.54, 1.807) is 18.5 Å². The van der Waals surface area contributed by atoms with Crippen LogP contribution in [-0.4, -0.2) is 28.0 Å². The molecule has 0 atom stereocenters. The molecule has 0 fully saturated rings. The Labute approximate surface area is 108 Å². The summed E-state index contributed by atoms with van der Waals surface area (Å²) in [5.74, 6) is -0.648. The monoisotopic (exact) mass is 264 g/mol. The maximum Gasteiger partial charge on any atom is 0.358 e. The van der Waals surface area contributed by atoms with Crippen LogP contribution in [0.3, 0.4) is 0 Å². The minimum Gasteiger partial charge on any atom is -0.464 e. The van der Waals surface area contributed by atoms with E-state index in [-0.39, 0.29) is 16.4 Å². The third-order valence-electron chi connectivity index (χ3n) is 2.22. The molecule has 0 saturated carbocycles. The van der Waals surface area contributed by atoms with Crippen molar-refractivity contribution in [3.05, 3.63) is 35.5 Å². The normalized spacial score (nSPS) is 10.1. The second-order valence-electron chi connectivity index (χ2n) is 3.38. The first-order valence-corrected chi connectivity index (χ1v) is 5.31. The lowest BCUT2D eigenvalue weighted by Crippen LogP contribution is -2.08. The summed E-state index contributed by atoms with van der Waals surface area (Å²) >= 11 is 5.91. The van der Waals surface area contributed by atoms with Gasteiger partial charge in [-0.3, -0.25) is 0 Å². The predicted octanol–water partition coefficient (Wildman–Crippen LogP) is 1.56. The van der Waals surface area contributed by atoms with E-state index in [1.807, 2.05) is 0 Å². The Bertz CT molecular complexity index is 589. The van der Waals surface area contributed by atoms with Crippen molar-refractivity contribution >= 4 is 23.3 Å². The van der Waals surface area contributed by atoms with Crippen LogP contribution < -0.4 is 5.73 Å². The van der Waals surface area contributed by atoms with Gasteiger partial charge in [0.25, 0.3) is 0 Å². The van der Waals surface area contributed by atoms with E-state index in [0.717, 1.165) is 0 Å². The first-order valence-electron chi connectivity index (χ1n) is 4.93. The molecule has 2 aromatic heterocycles. The molecule has 0 saturated heterocycles. The highest BCUT2D eigenvalue weighted by Crippen LogP contribution is 2.27. The molecule has 2 N–H and O–H groups in total. The number of nitrogen functional groups attached to an aromatic ring is 1. The smallest absolute Gasteiger partial charge is 0.358 e. The number of rotatable bonds is 2. The van der Waals surface area contributed by atoms with Crippen LogP contribution in [0, 0.1) is 0 Å². The number of nitrogens with zero attached hydrogens (tertiary/aromatic N) is 3. The lowest BCUT2D eigenvalue weighted by molar-refractivity contribution is 0.0594. The fraction of sp³-hybridized carbons (Fsp3) is 0.0909. The Balaban J connectivity index is 2.58. The fourth-order valence-corrected chi connectivity index (χ4v) is 1.53. The number of esters is 1. The van der Waals surface area contributed by atoms with E-state index < -0.39 is 5.97 Å². The van der Waals surface area contributed by atoms with E-state index in [1.165, 1.54) is 13.4 Å². The van der Waals surface area contributed by atoms with E-state index in [0.29, 0.717) is 11.3 Å². The van der Waals surface area contributed by atoms with Crippen molar-refractivity contribution < 1.29 is 9.53 Å². The molecular formula is C11H9ClN4O2. The zero-order chi connectivity index (χ0) is 13.1. The van der Waals surface area contributed by atoms with Crippen LogP contribution in [-0.2, 0) is 4.74 Å². The minimum atomic E-state index is -0.648. The summed E-state index contributed by atoms with van der Waals surface area (Å²) in [5, 5.41) is 0.0717. The van der Waals surface area contributed by atoms with Gasteiger partial charge in [-0.05, 0) is 6.07 Å². The molecule has 2 aromatic rings. The lowest BCUT2D eigenvalue weighted by atomic mass is 10.2. The van der Waals surface area contributed by atoms with E-state index in [9.17, 15) is 4.79 Å². The van der Waals surface area contributed by atoms with Crippen LogP contribution in [0.15, 0.2) is 24.8 Å². The molecular weight excluding hydrogens is 256 g/mol. The van der Waals surface area contributed by atoms with Crippen LogP contribution in [0.4, 0.5) is 5.69 Å². The summed E-state index contributed by atoms with van der Waals surface area (Å²) in [7, 11) is 1.24. The summed E-state index contributed by atoms with van der Waals surface area (Å²) in [6.07, 6.45) is 4.51. The number of nitrogens with two attached hydrogens (primary N) is 1. The van der Waals surface area contributed by atoms with Gasteiger partial charge in [0, 0.05) is 18.0 Å². The molecule has 0 aliphatic carbocycles. The third kappa shape index (κ3) is 2.23. The summed E-state index contributed by atoms with van der Waals surface area (Å²) < 4.78 is 4.59. The van der Waals surface area contributed by atoms with E-state index >= 15 is 0 Å². The van der Waals surface area contributed by atoms with Crippen molar-refractivity contribution in [3.8, 4) is 11.3 Å². The maximum atomic E-state index is 11.5. The molecule has 0 bridgehead atoms.